The molecule has 4 aliphatic heterocycles. The van der Waals surface area contributed by atoms with Gasteiger partial charge in [-0.25, -0.2) is 21.9 Å². The summed E-state index contributed by atoms with van der Waals surface area (Å²) in [6.45, 7) is 2.19. The molecule has 0 aliphatic carbocycles. The van der Waals surface area contributed by atoms with Gasteiger partial charge in [-0.2, -0.15) is 0 Å². The highest BCUT2D eigenvalue weighted by molar-refractivity contribution is 7.90. The number of hydrogen-bond acceptors (Lipinski definition) is 7. The van der Waals surface area contributed by atoms with Gasteiger partial charge in [-0.05, 0) is 19.9 Å². The average Bonchev–Trinajstić information content (AvgIpc) is 3.00. The van der Waals surface area contributed by atoms with Crippen LogP contribution in [0.5, 0.6) is 0 Å². The Bertz CT molecular complexity index is 752. The van der Waals surface area contributed by atoms with E-state index in [4.69, 9.17) is 4.74 Å². The number of nitrogens with one attached hydrogen (secondary N) is 4. The van der Waals surface area contributed by atoms with E-state index in [1.807, 2.05) is 0 Å². The highest BCUT2D eigenvalue weighted by Gasteiger charge is 2.50. The monoisotopic (exact) mass is 419 g/mol. The first-order valence-corrected chi connectivity index (χ1v) is 11.1. The van der Waals surface area contributed by atoms with Gasteiger partial charge >= 0.3 is 6.03 Å². The zero-order chi connectivity index (χ0) is 20.1. The number of hydrogen-bond donors (Lipinski definition) is 4. The summed E-state index contributed by atoms with van der Waals surface area (Å²) >= 11 is 0. The molecule has 158 valence electrons. The topological polar surface area (TPSA) is 129 Å². The van der Waals surface area contributed by atoms with Gasteiger partial charge in [0.05, 0.1) is 30.8 Å². The average molecular weight is 419 g/mol. The molecule has 28 heavy (non-hydrogen) atoms. The van der Waals surface area contributed by atoms with E-state index in [0.717, 1.165) is 0 Å². The van der Waals surface area contributed by atoms with Crippen LogP contribution in [0.1, 0.15) is 19.8 Å². The lowest BCUT2D eigenvalue weighted by atomic mass is 9.97. The Morgan fingerprint density at radius 2 is 2.18 bits per heavy atom. The third-order valence-corrected chi connectivity index (χ3v) is 8.35. The molecule has 0 spiro atoms. The van der Waals surface area contributed by atoms with Gasteiger partial charge in [0.1, 0.15) is 18.0 Å². The van der Waals surface area contributed by atoms with Crippen molar-refractivity contribution in [3.8, 4) is 0 Å². The number of ether oxygens (including phenoxy) is 1. The van der Waals surface area contributed by atoms with Crippen molar-refractivity contribution in [3.05, 3.63) is 0 Å². The number of fused-ring (bicyclic) bond motifs is 2. The summed E-state index contributed by atoms with van der Waals surface area (Å²) in [7, 11) is -3.98. The maximum atomic E-state index is 13.5. The minimum absolute atomic E-state index is 0.188. The largest absolute Gasteiger partial charge is 0.374 e. The van der Waals surface area contributed by atoms with E-state index >= 15 is 0 Å². The summed E-state index contributed by atoms with van der Waals surface area (Å²) in [5, 5.41) is 10.8. The zero-order valence-electron chi connectivity index (χ0n) is 15.6. The van der Waals surface area contributed by atoms with Crippen molar-refractivity contribution in [2.75, 3.05) is 26.2 Å². The van der Waals surface area contributed by atoms with E-state index in [1.54, 1.807) is 6.92 Å². The Balaban J connectivity index is 1.42. The van der Waals surface area contributed by atoms with Gasteiger partial charge in [-0.1, -0.05) is 0 Å². The molecule has 4 fully saturated rings. The van der Waals surface area contributed by atoms with Crippen LogP contribution in [0.4, 0.5) is 9.18 Å². The summed E-state index contributed by atoms with van der Waals surface area (Å²) in [6, 6.07) is -2.20. The molecule has 6 unspecified atom stereocenters. The number of piperidine rings is 2. The van der Waals surface area contributed by atoms with E-state index in [2.05, 4.69) is 21.3 Å². The first kappa shape index (κ1) is 19.8. The summed E-state index contributed by atoms with van der Waals surface area (Å²) < 4.78 is 45.6. The summed E-state index contributed by atoms with van der Waals surface area (Å²) in [4.78, 5) is 24.9. The molecule has 0 aromatic rings. The maximum absolute atomic E-state index is 13.5. The van der Waals surface area contributed by atoms with Gasteiger partial charge in [0, 0.05) is 19.0 Å². The fourth-order valence-corrected chi connectivity index (χ4v) is 6.77. The second-order valence-corrected chi connectivity index (χ2v) is 9.93. The van der Waals surface area contributed by atoms with Crippen LogP contribution in [0.3, 0.4) is 0 Å². The Labute approximate surface area is 163 Å². The second-order valence-electron chi connectivity index (χ2n) is 7.92. The van der Waals surface area contributed by atoms with Crippen molar-refractivity contribution in [3.63, 3.8) is 0 Å². The maximum Gasteiger partial charge on any atom is 0.331 e. The Kier molecular flexibility index (Phi) is 5.23. The minimum Gasteiger partial charge on any atom is -0.374 e. The molecule has 0 radical (unpaired) electrons. The summed E-state index contributed by atoms with van der Waals surface area (Å²) in [5.41, 5.74) is 0. The standard InChI is InChI=1S/C16H26FN5O5S/c1-8-15-10(2-3-18-8)21-16(24)22(28(15,25)26)6-13(23)20-11-7-27-12-4-9(17)5-19-14(11)12/h8-12,14-15,18-19H,2-7H2,1H3,(H,20,23)(H,21,24)/t8?,9?,10?,11-,12?,14?,15?/m1/s1. The van der Waals surface area contributed by atoms with Gasteiger partial charge < -0.3 is 26.0 Å². The lowest BCUT2D eigenvalue weighted by Gasteiger charge is -2.43. The summed E-state index contributed by atoms with van der Waals surface area (Å²) in [6.07, 6.45) is -0.534. The number of carbonyl (C=O) groups excluding carboxylic acids is 2. The van der Waals surface area contributed by atoms with Crippen LogP contribution in [0, 0.1) is 0 Å². The lowest BCUT2D eigenvalue weighted by Crippen LogP contribution is -2.70. The second kappa shape index (κ2) is 7.39. The Morgan fingerprint density at radius 3 is 2.96 bits per heavy atom. The molecule has 0 aromatic heterocycles. The smallest absolute Gasteiger partial charge is 0.331 e. The number of amides is 3. The zero-order valence-corrected chi connectivity index (χ0v) is 16.4. The molecular weight excluding hydrogens is 393 g/mol. The quantitative estimate of drug-likeness (QED) is 0.418. The predicted molar refractivity (Wildman–Crippen MR) is 96.8 cm³/mol. The van der Waals surface area contributed by atoms with Crippen molar-refractivity contribution in [1.29, 1.82) is 0 Å². The third-order valence-electron chi connectivity index (χ3n) is 6.02. The van der Waals surface area contributed by atoms with E-state index < -0.39 is 52.0 Å². The van der Waals surface area contributed by atoms with Gasteiger partial charge in [0.15, 0.2) is 0 Å². The SMILES string of the molecule is CC1NCCC2NC(=O)N(CC(=O)N[C@@H]3COC4CC(F)CNC43)S(=O)(=O)C12. The highest BCUT2D eigenvalue weighted by Crippen LogP contribution is 2.26. The van der Waals surface area contributed by atoms with Gasteiger partial charge in [0.25, 0.3) is 0 Å². The van der Waals surface area contributed by atoms with Gasteiger partial charge in [0.2, 0.25) is 15.9 Å². The number of alkyl halides is 1. The number of urea groups is 1. The molecule has 4 heterocycles. The predicted octanol–water partition coefficient (Wildman–Crippen LogP) is -1.96. The van der Waals surface area contributed by atoms with Crippen LogP contribution < -0.4 is 21.3 Å². The van der Waals surface area contributed by atoms with Crippen molar-refractivity contribution in [2.45, 2.75) is 61.5 Å². The molecule has 0 saturated carbocycles. The van der Waals surface area contributed by atoms with E-state index in [1.165, 1.54) is 0 Å². The summed E-state index contributed by atoms with van der Waals surface area (Å²) in [5.74, 6) is -0.591. The van der Waals surface area contributed by atoms with Crippen molar-refractivity contribution < 1.29 is 27.1 Å². The molecule has 3 amide bonds. The van der Waals surface area contributed by atoms with E-state index in [-0.39, 0.29) is 37.8 Å². The molecule has 4 saturated heterocycles. The number of sulfonamides is 1. The molecule has 12 heteroatoms. The number of rotatable bonds is 3. The van der Waals surface area contributed by atoms with Crippen LogP contribution in [-0.2, 0) is 19.6 Å². The molecule has 4 aliphatic rings. The molecule has 7 atom stereocenters. The molecule has 10 nitrogen and oxygen atoms in total. The Morgan fingerprint density at radius 1 is 1.39 bits per heavy atom. The van der Waals surface area contributed by atoms with Gasteiger partial charge in [-0.15, -0.1) is 0 Å². The van der Waals surface area contributed by atoms with Crippen molar-refractivity contribution in [1.82, 2.24) is 25.6 Å². The van der Waals surface area contributed by atoms with Crippen LogP contribution in [-0.4, -0.2) is 92.6 Å². The van der Waals surface area contributed by atoms with E-state index in [0.29, 0.717) is 17.3 Å². The van der Waals surface area contributed by atoms with Gasteiger partial charge in [-0.3, -0.25) is 4.79 Å². The van der Waals surface area contributed by atoms with E-state index in [9.17, 15) is 22.4 Å². The minimum atomic E-state index is -3.98. The first-order chi connectivity index (χ1) is 13.3. The fraction of sp³-hybridized carbons (Fsp3) is 0.875. The third kappa shape index (κ3) is 3.46. The molecular formula is C16H26FN5O5S. The van der Waals surface area contributed by atoms with Crippen LogP contribution in [0.25, 0.3) is 0 Å². The van der Waals surface area contributed by atoms with Crippen LogP contribution >= 0.6 is 0 Å². The van der Waals surface area contributed by atoms with Crippen LogP contribution in [0.15, 0.2) is 0 Å². The van der Waals surface area contributed by atoms with Crippen LogP contribution in [0.2, 0.25) is 0 Å². The fourth-order valence-electron chi connectivity index (χ4n) is 4.67. The number of halogens is 1. The highest BCUT2D eigenvalue weighted by atomic mass is 32.2. The molecule has 0 bridgehead atoms. The van der Waals surface area contributed by atoms with Crippen molar-refractivity contribution >= 4 is 22.0 Å². The first-order valence-electron chi connectivity index (χ1n) is 9.61. The molecule has 4 N–H and O–H groups in total. The molecule has 4 rings (SSSR count). The molecule has 0 aromatic carbocycles. The Hall–Kier alpha value is -1.50. The number of nitrogens with zero attached hydrogens (tertiary/aromatic N) is 1. The number of carbonyl (C=O) groups is 2. The van der Waals surface area contributed by atoms with Crippen molar-refractivity contribution in [2.24, 2.45) is 0 Å². The normalized spacial score (nSPS) is 42.3. The lowest BCUT2D eigenvalue weighted by molar-refractivity contribution is -0.121.